The molecule has 0 aromatic rings. The number of allylic oxidation sites excluding steroid dienone is 1. The molecule has 0 saturated carbocycles. The number of carboxylic acids is 2. The Kier molecular flexibility index (Phi) is 6.45. The van der Waals surface area contributed by atoms with Gasteiger partial charge in [-0.15, -0.1) is 6.58 Å². The zero-order valence-corrected chi connectivity index (χ0v) is 12.3. The second-order valence-electron chi connectivity index (χ2n) is 6.09. The van der Waals surface area contributed by atoms with Crippen LogP contribution in [0.2, 0.25) is 0 Å². The SMILES string of the molecule is C=CC(C(C(=O)O)C(CCC(F)(F)F)C(=O)O)C(C)(C)C. The molecule has 4 nitrogen and oxygen atoms in total. The smallest absolute Gasteiger partial charge is 0.389 e. The molecular formula is C14H21F3O4. The van der Waals surface area contributed by atoms with Gasteiger partial charge in [0.15, 0.2) is 0 Å². The maximum absolute atomic E-state index is 12.3. The van der Waals surface area contributed by atoms with Crippen LogP contribution in [0.4, 0.5) is 13.2 Å². The molecule has 0 aliphatic carbocycles. The Morgan fingerprint density at radius 1 is 1.14 bits per heavy atom. The van der Waals surface area contributed by atoms with E-state index < -0.39 is 54.1 Å². The van der Waals surface area contributed by atoms with Crippen LogP contribution in [0.3, 0.4) is 0 Å². The minimum Gasteiger partial charge on any atom is -0.481 e. The van der Waals surface area contributed by atoms with Gasteiger partial charge in [0, 0.05) is 6.42 Å². The molecule has 122 valence electrons. The van der Waals surface area contributed by atoms with Gasteiger partial charge in [-0.1, -0.05) is 26.8 Å². The Morgan fingerprint density at radius 2 is 1.62 bits per heavy atom. The Labute approximate surface area is 121 Å². The quantitative estimate of drug-likeness (QED) is 0.705. The predicted octanol–water partition coefficient (Wildman–Crippen LogP) is 3.58. The second kappa shape index (κ2) is 6.95. The second-order valence-corrected chi connectivity index (χ2v) is 6.09. The third-order valence-corrected chi connectivity index (χ3v) is 3.42. The average molecular weight is 310 g/mol. The van der Waals surface area contributed by atoms with Crippen molar-refractivity contribution in [1.29, 1.82) is 0 Å². The number of rotatable bonds is 7. The lowest BCUT2D eigenvalue weighted by Crippen LogP contribution is -2.40. The van der Waals surface area contributed by atoms with Crippen molar-refractivity contribution in [2.45, 2.75) is 39.8 Å². The molecule has 0 bridgehead atoms. The maximum Gasteiger partial charge on any atom is 0.389 e. The highest BCUT2D eigenvalue weighted by molar-refractivity contribution is 5.80. The van der Waals surface area contributed by atoms with Crippen LogP contribution >= 0.6 is 0 Å². The average Bonchev–Trinajstić information content (AvgIpc) is 2.23. The molecule has 0 aliphatic rings. The summed E-state index contributed by atoms with van der Waals surface area (Å²) in [6.45, 7) is 8.58. The Bertz CT molecular complexity index is 396. The zero-order chi connectivity index (χ0) is 17.0. The molecule has 2 N–H and O–H groups in total. The van der Waals surface area contributed by atoms with Gasteiger partial charge in [-0.2, -0.15) is 13.2 Å². The van der Waals surface area contributed by atoms with E-state index in [-0.39, 0.29) is 0 Å². The highest BCUT2D eigenvalue weighted by Crippen LogP contribution is 2.39. The maximum atomic E-state index is 12.3. The number of aliphatic carboxylic acids is 2. The largest absolute Gasteiger partial charge is 0.481 e. The van der Waals surface area contributed by atoms with Crippen LogP contribution in [-0.4, -0.2) is 28.3 Å². The molecule has 3 unspecified atom stereocenters. The molecule has 0 aromatic carbocycles. The van der Waals surface area contributed by atoms with E-state index in [0.29, 0.717) is 0 Å². The Balaban J connectivity index is 5.50. The van der Waals surface area contributed by atoms with Crippen LogP contribution in [0, 0.1) is 23.2 Å². The first kappa shape index (κ1) is 19.5. The lowest BCUT2D eigenvalue weighted by Gasteiger charge is -2.35. The molecule has 0 rings (SSSR count). The normalized spacial score (nSPS) is 16.9. The van der Waals surface area contributed by atoms with Crippen LogP contribution < -0.4 is 0 Å². The van der Waals surface area contributed by atoms with Gasteiger partial charge in [0.05, 0.1) is 11.8 Å². The number of alkyl halides is 3. The molecule has 0 heterocycles. The summed E-state index contributed by atoms with van der Waals surface area (Å²) in [7, 11) is 0. The van der Waals surface area contributed by atoms with Crippen LogP contribution in [0.15, 0.2) is 12.7 Å². The van der Waals surface area contributed by atoms with E-state index >= 15 is 0 Å². The standard InChI is InChI=1S/C14H21F3O4/c1-5-9(13(2,3)4)10(12(20)21)8(11(18)19)6-7-14(15,16)17/h5,8-10H,1,6-7H2,2-4H3,(H,18,19)(H,20,21). The third-order valence-electron chi connectivity index (χ3n) is 3.42. The third kappa shape index (κ3) is 6.18. The molecule has 0 amide bonds. The number of halogens is 3. The van der Waals surface area contributed by atoms with E-state index in [1.807, 2.05) is 0 Å². The number of carbonyl (C=O) groups is 2. The topological polar surface area (TPSA) is 74.6 Å². The molecule has 0 spiro atoms. The molecule has 0 fully saturated rings. The first-order valence-corrected chi connectivity index (χ1v) is 6.46. The summed E-state index contributed by atoms with van der Waals surface area (Å²) in [6.07, 6.45) is -5.32. The highest BCUT2D eigenvalue weighted by atomic mass is 19.4. The van der Waals surface area contributed by atoms with E-state index in [9.17, 15) is 27.9 Å². The fourth-order valence-corrected chi connectivity index (χ4v) is 2.39. The molecule has 7 heteroatoms. The first-order chi connectivity index (χ1) is 9.31. The minimum atomic E-state index is -4.53. The van der Waals surface area contributed by atoms with Crippen LogP contribution in [0.1, 0.15) is 33.6 Å². The van der Waals surface area contributed by atoms with Gasteiger partial charge < -0.3 is 10.2 Å². The molecule has 0 aromatic heterocycles. The summed E-state index contributed by atoms with van der Waals surface area (Å²) >= 11 is 0. The fraction of sp³-hybridized carbons (Fsp3) is 0.714. The molecule has 3 atom stereocenters. The summed E-state index contributed by atoms with van der Waals surface area (Å²) in [5, 5.41) is 18.4. The van der Waals surface area contributed by atoms with Gasteiger partial charge in [-0.25, -0.2) is 0 Å². The number of hydrogen-bond donors (Lipinski definition) is 2. The first-order valence-electron chi connectivity index (χ1n) is 6.46. The molecule has 0 aliphatic heterocycles. The van der Waals surface area contributed by atoms with Crippen molar-refractivity contribution < 1.29 is 33.0 Å². The molecular weight excluding hydrogens is 289 g/mol. The van der Waals surface area contributed by atoms with E-state index in [1.165, 1.54) is 6.08 Å². The summed E-state index contributed by atoms with van der Waals surface area (Å²) < 4.78 is 36.9. The van der Waals surface area contributed by atoms with Crippen LogP contribution in [-0.2, 0) is 9.59 Å². The fourth-order valence-electron chi connectivity index (χ4n) is 2.39. The van der Waals surface area contributed by atoms with Crippen molar-refractivity contribution in [2.75, 3.05) is 0 Å². The van der Waals surface area contributed by atoms with E-state index in [1.54, 1.807) is 20.8 Å². The summed E-state index contributed by atoms with van der Waals surface area (Å²) in [5.74, 6) is -6.80. The van der Waals surface area contributed by atoms with Crippen molar-refractivity contribution in [3.8, 4) is 0 Å². The van der Waals surface area contributed by atoms with Gasteiger partial charge in [-0.3, -0.25) is 9.59 Å². The van der Waals surface area contributed by atoms with Crippen molar-refractivity contribution in [3.63, 3.8) is 0 Å². The Hall–Kier alpha value is -1.53. The molecule has 0 saturated heterocycles. The van der Waals surface area contributed by atoms with Crippen molar-refractivity contribution >= 4 is 11.9 Å². The van der Waals surface area contributed by atoms with E-state index in [4.69, 9.17) is 5.11 Å². The molecule has 0 radical (unpaired) electrons. The van der Waals surface area contributed by atoms with Crippen molar-refractivity contribution in [1.82, 2.24) is 0 Å². The van der Waals surface area contributed by atoms with Gasteiger partial charge in [0.25, 0.3) is 0 Å². The number of hydrogen-bond acceptors (Lipinski definition) is 2. The predicted molar refractivity (Wildman–Crippen MR) is 70.7 cm³/mol. The summed E-state index contributed by atoms with van der Waals surface area (Å²) in [6, 6.07) is 0. The minimum absolute atomic E-state index is 0.628. The summed E-state index contributed by atoms with van der Waals surface area (Å²) in [4.78, 5) is 22.7. The van der Waals surface area contributed by atoms with Crippen molar-refractivity contribution in [2.24, 2.45) is 23.2 Å². The lowest BCUT2D eigenvalue weighted by molar-refractivity contribution is -0.162. The Morgan fingerprint density at radius 3 is 1.86 bits per heavy atom. The van der Waals surface area contributed by atoms with Crippen molar-refractivity contribution in [3.05, 3.63) is 12.7 Å². The van der Waals surface area contributed by atoms with Gasteiger partial charge >= 0.3 is 18.1 Å². The number of carboxylic acid groups (broad SMARTS) is 2. The van der Waals surface area contributed by atoms with Crippen LogP contribution in [0.5, 0.6) is 0 Å². The molecule has 21 heavy (non-hydrogen) atoms. The van der Waals surface area contributed by atoms with Gasteiger partial charge in [0.2, 0.25) is 0 Å². The zero-order valence-electron chi connectivity index (χ0n) is 12.3. The highest BCUT2D eigenvalue weighted by Gasteiger charge is 2.44. The van der Waals surface area contributed by atoms with Gasteiger partial charge in [0.1, 0.15) is 0 Å². The lowest BCUT2D eigenvalue weighted by atomic mass is 9.68. The van der Waals surface area contributed by atoms with E-state index in [0.717, 1.165) is 0 Å². The monoisotopic (exact) mass is 310 g/mol. The van der Waals surface area contributed by atoms with Crippen LogP contribution in [0.25, 0.3) is 0 Å². The van der Waals surface area contributed by atoms with E-state index in [2.05, 4.69) is 6.58 Å². The van der Waals surface area contributed by atoms with Gasteiger partial charge in [-0.05, 0) is 17.8 Å². The summed E-state index contributed by atoms with van der Waals surface area (Å²) in [5.41, 5.74) is -0.628.